The van der Waals surface area contributed by atoms with Gasteiger partial charge in [-0.1, -0.05) is 61.2 Å². The third kappa shape index (κ3) is 2.48. The molecule has 3 aromatic rings. The van der Waals surface area contributed by atoms with Crippen LogP contribution in [0.5, 0.6) is 11.5 Å². The average molecular weight is 276 g/mol. The van der Waals surface area contributed by atoms with E-state index in [0.717, 1.165) is 27.6 Å². The monoisotopic (exact) mass is 276 g/mol. The van der Waals surface area contributed by atoms with Crippen LogP contribution in [0, 0.1) is 0 Å². The summed E-state index contributed by atoms with van der Waals surface area (Å²) < 4.78 is 5.72. The molecule has 0 aromatic heterocycles. The fourth-order valence-electron chi connectivity index (χ4n) is 2.49. The van der Waals surface area contributed by atoms with E-state index in [1.807, 2.05) is 54.6 Å². The number of para-hydroxylation sites is 1. The normalized spacial score (nSPS) is 10.5. The summed E-state index contributed by atoms with van der Waals surface area (Å²) in [5, 5.41) is 12.4. The van der Waals surface area contributed by atoms with Crippen molar-refractivity contribution in [1.82, 2.24) is 0 Å². The molecule has 0 unspecified atom stereocenters. The Morgan fingerprint density at radius 1 is 0.952 bits per heavy atom. The Balaban J connectivity index is 2.25. The summed E-state index contributed by atoms with van der Waals surface area (Å²) in [7, 11) is 0. The largest absolute Gasteiger partial charge is 0.507 e. The standard InChI is InChI=1S/C19H16O2/c1-2-13-21-18-10-6-5-9-16(18)19-15-8-4-3-7-14(15)11-12-17(19)20/h2-12,20H,1,13H2. The Hall–Kier alpha value is -2.74. The van der Waals surface area contributed by atoms with Crippen LogP contribution in [0.3, 0.4) is 0 Å². The van der Waals surface area contributed by atoms with Crippen molar-refractivity contribution in [2.45, 2.75) is 0 Å². The zero-order valence-electron chi connectivity index (χ0n) is 11.6. The molecule has 0 aliphatic rings. The van der Waals surface area contributed by atoms with E-state index in [2.05, 4.69) is 6.58 Å². The van der Waals surface area contributed by atoms with Crippen LogP contribution in [0.4, 0.5) is 0 Å². The molecule has 0 radical (unpaired) electrons. The maximum absolute atomic E-state index is 10.3. The molecule has 0 aliphatic carbocycles. The van der Waals surface area contributed by atoms with E-state index in [9.17, 15) is 5.11 Å². The molecule has 0 bridgehead atoms. The summed E-state index contributed by atoms with van der Waals surface area (Å²) in [6, 6.07) is 19.4. The quantitative estimate of drug-likeness (QED) is 0.695. The van der Waals surface area contributed by atoms with Crippen LogP contribution in [0.15, 0.2) is 73.3 Å². The van der Waals surface area contributed by atoms with Gasteiger partial charge in [-0.25, -0.2) is 0 Å². The molecule has 2 nitrogen and oxygen atoms in total. The van der Waals surface area contributed by atoms with Crippen molar-refractivity contribution in [2.24, 2.45) is 0 Å². The van der Waals surface area contributed by atoms with Crippen molar-refractivity contribution < 1.29 is 9.84 Å². The Morgan fingerprint density at radius 3 is 2.57 bits per heavy atom. The van der Waals surface area contributed by atoms with E-state index < -0.39 is 0 Å². The first-order valence-electron chi connectivity index (χ1n) is 6.85. The van der Waals surface area contributed by atoms with Crippen LogP contribution in [0.25, 0.3) is 21.9 Å². The maximum Gasteiger partial charge on any atom is 0.127 e. The number of hydrogen-bond donors (Lipinski definition) is 1. The summed E-state index contributed by atoms with van der Waals surface area (Å²) in [6.45, 7) is 4.10. The minimum absolute atomic E-state index is 0.253. The van der Waals surface area contributed by atoms with Gasteiger partial charge in [0.1, 0.15) is 18.1 Å². The van der Waals surface area contributed by atoms with Gasteiger partial charge < -0.3 is 9.84 Å². The fraction of sp³-hybridized carbons (Fsp3) is 0.0526. The lowest BCUT2D eigenvalue weighted by Crippen LogP contribution is -1.95. The minimum atomic E-state index is 0.253. The van der Waals surface area contributed by atoms with Gasteiger partial charge in [0.05, 0.1) is 0 Å². The molecule has 0 fully saturated rings. The van der Waals surface area contributed by atoms with Crippen LogP contribution in [-0.4, -0.2) is 11.7 Å². The maximum atomic E-state index is 10.3. The van der Waals surface area contributed by atoms with Gasteiger partial charge in [-0.2, -0.15) is 0 Å². The SMILES string of the molecule is C=CCOc1ccccc1-c1c(O)ccc2ccccc12. The first-order valence-corrected chi connectivity index (χ1v) is 6.85. The molecule has 0 amide bonds. The molecule has 0 spiro atoms. The Kier molecular flexibility index (Phi) is 3.61. The number of aromatic hydroxyl groups is 1. The van der Waals surface area contributed by atoms with Gasteiger partial charge in [-0.3, -0.25) is 0 Å². The highest BCUT2D eigenvalue weighted by Gasteiger charge is 2.13. The second kappa shape index (κ2) is 5.71. The highest BCUT2D eigenvalue weighted by molar-refractivity contribution is 6.00. The molecular formula is C19H16O2. The smallest absolute Gasteiger partial charge is 0.127 e. The van der Waals surface area contributed by atoms with E-state index in [4.69, 9.17) is 4.74 Å². The molecule has 0 saturated heterocycles. The first kappa shape index (κ1) is 13.3. The van der Waals surface area contributed by atoms with Gasteiger partial charge in [0.25, 0.3) is 0 Å². The second-order valence-electron chi connectivity index (χ2n) is 4.78. The molecule has 3 rings (SSSR count). The molecule has 0 saturated carbocycles. The van der Waals surface area contributed by atoms with Crippen LogP contribution in [0.1, 0.15) is 0 Å². The molecule has 104 valence electrons. The van der Waals surface area contributed by atoms with Gasteiger partial charge in [0.2, 0.25) is 0 Å². The summed E-state index contributed by atoms with van der Waals surface area (Å²) in [6.07, 6.45) is 1.71. The van der Waals surface area contributed by atoms with E-state index >= 15 is 0 Å². The Morgan fingerprint density at radius 2 is 1.71 bits per heavy atom. The predicted octanol–water partition coefficient (Wildman–Crippen LogP) is 4.78. The Labute approximate surface area is 123 Å². The summed E-state index contributed by atoms with van der Waals surface area (Å²) >= 11 is 0. The lowest BCUT2D eigenvalue weighted by atomic mass is 9.96. The zero-order valence-corrected chi connectivity index (χ0v) is 11.6. The molecule has 1 N–H and O–H groups in total. The molecule has 0 heterocycles. The molecule has 0 atom stereocenters. The highest BCUT2D eigenvalue weighted by Crippen LogP contribution is 2.40. The van der Waals surface area contributed by atoms with E-state index in [0.29, 0.717) is 6.61 Å². The van der Waals surface area contributed by atoms with Crippen molar-refractivity contribution in [3.63, 3.8) is 0 Å². The van der Waals surface area contributed by atoms with E-state index in [1.165, 1.54) is 0 Å². The van der Waals surface area contributed by atoms with E-state index in [-0.39, 0.29) is 5.75 Å². The minimum Gasteiger partial charge on any atom is -0.507 e. The number of phenols is 1. The number of benzene rings is 3. The molecule has 3 aromatic carbocycles. The third-order valence-corrected chi connectivity index (χ3v) is 3.42. The summed E-state index contributed by atoms with van der Waals surface area (Å²) in [5.74, 6) is 0.993. The van der Waals surface area contributed by atoms with Crippen molar-refractivity contribution in [2.75, 3.05) is 6.61 Å². The lowest BCUT2D eigenvalue weighted by molar-refractivity contribution is 0.364. The van der Waals surface area contributed by atoms with Crippen LogP contribution >= 0.6 is 0 Å². The molecule has 21 heavy (non-hydrogen) atoms. The number of rotatable bonds is 4. The van der Waals surface area contributed by atoms with Gasteiger partial charge in [0, 0.05) is 11.1 Å². The van der Waals surface area contributed by atoms with Crippen molar-refractivity contribution in [3.05, 3.63) is 73.3 Å². The van der Waals surface area contributed by atoms with Gasteiger partial charge in [-0.15, -0.1) is 0 Å². The first-order chi connectivity index (χ1) is 10.3. The molecule has 0 aliphatic heterocycles. The van der Waals surface area contributed by atoms with Gasteiger partial charge >= 0.3 is 0 Å². The second-order valence-corrected chi connectivity index (χ2v) is 4.78. The van der Waals surface area contributed by atoms with Gasteiger partial charge in [0.15, 0.2) is 0 Å². The Bertz CT molecular complexity index is 790. The topological polar surface area (TPSA) is 29.5 Å². The lowest BCUT2D eigenvalue weighted by Gasteiger charge is -2.14. The molecular weight excluding hydrogens is 260 g/mol. The average Bonchev–Trinajstić information content (AvgIpc) is 2.53. The number of ether oxygens (including phenoxy) is 1. The summed E-state index contributed by atoms with van der Waals surface area (Å²) in [4.78, 5) is 0. The van der Waals surface area contributed by atoms with Crippen LogP contribution < -0.4 is 4.74 Å². The van der Waals surface area contributed by atoms with Gasteiger partial charge in [-0.05, 0) is 22.9 Å². The third-order valence-electron chi connectivity index (χ3n) is 3.42. The predicted molar refractivity (Wildman–Crippen MR) is 86.7 cm³/mol. The number of phenolic OH excluding ortho intramolecular Hbond substituents is 1. The number of hydrogen-bond acceptors (Lipinski definition) is 2. The number of fused-ring (bicyclic) bond motifs is 1. The highest BCUT2D eigenvalue weighted by atomic mass is 16.5. The van der Waals surface area contributed by atoms with Crippen LogP contribution in [0.2, 0.25) is 0 Å². The zero-order chi connectivity index (χ0) is 14.7. The van der Waals surface area contributed by atoms with Crippen molar-refractivity contribution in [1.29, 1.82) is 0 Å². The van der Waals surface area contributed by atoms with Crippen molar-refractivity contribution >= 4 is 10.8 Å². The summed E-state index contributed by atoms with van der Waals surface area (Å²) in [5.41, 5.74) is 1.68. The molecule has 2 heteroatoms. The van der Waals surface area contributed by atoms with E-state index in [1.54, 1.807) is 12.1 Å². The van der Waals surface area contributed by atoms with Crippen LogP contribution in [-0.2, 0) is 0 Å². The fourth-order valence-corrected chi connectivity index (χ4v) is 2.49. The van der Waals surface area contributed by atoms with Crippen molar-refractivity contribution in [3.8, 4) is 22.6 Å².